The summed E-state index contributed by atoms with van der Waals surface area (Å²) in [6, 6.07) is 14.2. The highest BCUT2D eigenvalue weighted by Gasteiger charge is 2.66. The number of nitrogens with one attached hydrogen (secondary N) is 1. The van der Waals surface area contributed by atoms with Crippen molar-refractivity contribution in [2.75, 3.05) is 11.5 Å². The second kappa shape index (κ2) is 8.94. The molecule has 35 heavy (non-hydrogen) atoms. The summed E-state index contributed by atoms with van der Waals surface area (Å²) in [4.78, 5) is 18.1. The first kappa shape index (κ1) is 24.3. The van der Waals surface area contributed by atoms with Crippen LogP contribution in [0.5, 0.6) is 0 Å². The van der Waals surface area contributed by atoms with E-state index in [1.807, 2.05) is 0 Å². The van der Waals surface area contributed by atoms with Crippen molar-refractivity contribution < 1.29 is 22.8 Å². The van der Waals surface area contributed by atoms with Gasteiger partial charge in [0.15, 0.2) is 0 Å². The Kier molecular flexibility index (Phi) is 6.22. The predicted octanol–water partition coefficient (Wildman–Crippen LogP) is 5.61. The summed E-state index contributed by atoms with van der Waals surface area (Å²) in [5, 5.41) is 8.30. The van der Waals surface area contributed by atoms with Gasteiger partial charge in [-0.15, -0.1) is 0 Å². The van der Waals surface area contributed by atoms with Crippen molar-refractivity contribution in [3.63, 3.8) is 0 Å². The molecule has 5 rings (SSSR count). The van der Waals surface area contributed by atoms with E-state index in [4.69, 9.17) is 28.0 Å². The van der Waals surface area contributed by atoms with Crippen LogP contribution in [-0.2, 0) is 10.4 Å². The van der Waals surface area contributed by atoms with Crippen molar-refractivity contribution >= 4 is 65.2 Å². The lowest BCUT2D eigenvalue weighted by Crippen LogP contribution is -2.46. The molecule has 1 N–H and O–H groups in total. The van der Waals surface area contributed by atoms with Gasteiger partial charge >= 0.3 is 6.18 Å². The van der Waals surface area contributed by atoms with Crippen LogP contribution in [0.15, 0.2) is 59.8 Å². The van der Waals surface area contributed by atoms with Crippen LogP contribution in [0, 0.1) is 0 Å². The number of hydrogen-bond donors (Lipinski definition) is 1. The minimum absolute atomic E-state index is 0.0612. The maximum Gasteiger partial charge on any atom is 0.435 e. The molecule has 0 aliphatic carbocycles. The normalized spacial score (nSPS) is 22.4. The fourth-order valence-electron chi connectivity index (χ4n) is 4.59. The largest absolute Gasteiger partial charge is 0.435 e. The van der Waals surface area contributed by atoms with E-state index in [2.05, 4.69) is 10.5 Å². The molecular weight excluding hydrogens is 519 g/mol. The summed E-state index contributed by atoms with van der Waals surface area (Å²) in [5.74, 6) is 0.280. The summed E-state index contributed by atoms with van der Waals surface area (Å²) in [7, 11) is 1.41. The smallest absolute Gasteiger partial charge is 0.374 e. The van der Waals surface area contributed by atoms with Crippen molar-refractivity contribution in [2.24, 2.45) is 5.16 Å². The zero-order valence-electron chi connectivity index (χ0n) is 18.3. The molecule has 1 fully saturated rings. The van der Waals surface area contributed by atoms with Crippen molar-refractivity contribution in [3.05, 3.63) is 81.3 Å². The molecule has 2 aliphatic rings. The fourth-order valence-corrected chi connectivity index (χ4v) is 5.75. The average Bonchev–Trinajstić information content (AvgIpc) is 3.12. The van der Waals surface area contributed by atoms with Gasteiger partial charge in [-0.2, -0.15) is 24.9 Å². The van der Waals surface area contributed by atoms with Gasteiger partial charge in [-0.05, 0) is 35.0 Å². The molecule has 2 aliphatic heterocycles. The van der Waals surface area contributed by atoms with Crippen LogP contribution in [-0.4, -0.2) is 43.2 Å². The SMILES string of the molecule is BC1C(c2ccc(C(=O)NC3CSC3)c3ccccc23)=NOC1(c1cc(Cl)cc(Cl)c1)C(F)(F)F. The standard InChI is InChI=1S/C24H18BCl2F3N2O2S/c25-21-20(32-34-23(21,24(28,29)30)12-7-13(26)9-14(27)8-12)18-5-6-19(17-4-2-1-3-16(17)18)22(33)31-15-10-35-11-15/h1-9,15,21H,10-11,25H2,(H,31,33). The molecule has 1 amide bonds. The van der Waals surface area contributed by atoms with Crippen molar-refractivity contribution in [3.8, 4) is 0 Å². The molecule has 2 heterocycles. The summed E-state index contributed by atoms with van der Waals surface area (Å²) >= 11 is 13.8. The summed E-state index contributed by atoms with van der Waals surface area (Å²) in [6.07, 6.45) is -4.82. The molecule has 0 aromatic heterocycles. The van der Waals surface area contributed by atoms with Crippen LogP contribution in [0.1, 0.15) is 21.5 Å². The Labute approximate surface area is 214 Å². The van der Waals surface area contributed by atoms with E-state index in [0.717, 1.165) is 11.5 Å². The summed E-state index contributed by atoms with van der Waals surface area (Å²) in [5.41, 5.74) is -1.96. The quantitative estimate of drug-likeness (QED) is 0.441. The average molecular weight is 537 g/mol. The first-order chi connectivity index (χ1) is 16.6. The maximum atomic E-state index is 14.6. The van der Waals surface area contributed by atoms with E-state index in [1.54, 1.807) is 48.2 Å². The first-order valence-corrected chi connectivity index (χ1v) is 12.7. The lowest BCUT2D eigenvalue weighted by molar-refractivity contribution is -0.275. The van der Waals surface area contributed by atoms with Crippen LogP contribution < -0.4 is 5.32 Å². The van der Waals surface area contributed by atoms with Gasteiger partial charge in [0.2, 0.25) is 0 Å². The number of halogens is 5. The van der Waals surface area contributed by atoms with Crippen LogP contribution in [0.3, 0.4) is 0 Å². The number of carbonyl (C=O) groups is 1. The number of rotatable bonds is 4. The molecular formula is C24H18BCl2F3N2O2S. The molecule has 4 nitrogen and oxygen atoms in total. The van der Waals surface area contributed by atoms with Crippen LogP contribution in [0.2, 0.25) is 15.9 Å². The molecule has 3 aromatic rings. The topological polar surface area (TPSA) is 50.7 Å². The zero-order chi connectivity index (χ0) is 25.0. The molecule has 0 spiro atoms. The third-order valence-corrected chi connectivity index (χ3v) is 8.15. The van der Waals surface area contributed by atoms with Gasteiger partial charge in [-0.1, -0.05) is 58.7 Å². The number of benzene rings is 3. The number of nitrogens with zero attached hydrogens (tertiary/aromatic N) is 1. The van der Waals surface area contributed by atoms with Crippen LogP contribution in [0.4, 0.5) is 13.2 Å². The van der Waals surface area contributed by atoms with Crippen molar-refractivity contribution in [1.82, 2.24) is 5.32 Å². The highest BCUT2D eigenvalue weighted by Crippen LogP contribution is 2.54. The number of alkyl halides is 3. The third kappa shape index (κ3) is 4.07. The van der Waals surface area contributed by atoms with E-state index in [-0.39, 0.29) is 33.3 Å². The molecule has 0 radical (unpaired) electrons. The number of carbonyl (C=O) groups excluding carboxylic acids is 1. The Morgan fingerprint density at radius 3 is 2.34 bits per heavy atom. The summed E-state index contributed by atoms with van der Waals surface area (Å²) < 4.78 is 43.8. The molecule has 0 bridgehead atoms. The van der Waals surface area contributed by atoms with E-state index < -0.39 is 17.6 Å². The number of thioether (sulfide) groups is 1. The molecule has 2 atom stereocenters. The minimum atomic E-state index is -4.82. The number of oxime groups is 1. The highest BCUT2D eigenvalue weighted by atomic mass is 35.5. The van der Waals surface area contributed by atoms with Crippen LogP contribution >= 0.6 is 35.0 Å². The Balaban J connectivity index is 1.59. The van der Waals surface area contributed by atoms with E-state index in [0.29, 0.717) is 21.9 Å². The van der Waals surface area contributed by atoms with Crippen molar-refractivity contribution in [2.45, 2.75) is 23.6 Å². The van der Waals surface area contributed by atoms with Crippen LogP contribution in [0.25, 0.3) is 10.8 Å². The lowest BCUT2D eigenvalue weighted by Gasteiger charge is -2.34. The Morgan fingerprint density at radius 1 is 1.09 bits per heavy atom. The minimum Gasteiger partial charge on any atom is -0.374 e. The maximum absolute atomic E-state index is 14.6. The van der Waals surface area contributed by atoms with Crippen molar-refractivity contribution in [1.29, 1.82) is 0 Å². The van der Waals surface area contributed by atoms with E-state index in [9.17, 15) is 18.0 Å². The van der Waals surface area contributed by atoms with Gasteiger partial charge in [0.1, 0.15) is 7.85 Å². The fraction of sp³-hybridized carbons (Fsp3) is 0.250. The molecule has 11 heteroatoms. The second-order valence-corrected chi connectivity index (χ2v) is 10.5. The van der Waals surface area contributed by atoms with Gasteiger partial charge in [0.05, 0.1) is 5.71 Å². The van der Waals surface area contributed by atoms with E-state index >= 15 is 0 Å². The van der Waals surface area contributed by atoms with Gasteiger partial charge < -0.3 is 10.2 Å². The monoisotopic (exact) mass is 536 g/mol. The van der Waals surface area contributed by atoms with Gasteiger partial charge in [-0.3, -0.25) is 4.79 Å². The molecule has 1 saturated heterocycles. The molecule has 2 unspecified atom stereocenters. The second-order valence-electron chi connectivity index (χ2n) is 8.60. The van der Waals surface area contributed by atoms with Gasteiger partial charge in [0.25, 0.3) is 11.5 Å². The van der Waals surface area contributed by atoms with Gasteiger partial charge in [0, 0.05) is 50.1 Å². The molecule has 180 valence electrons. The van der Waals surface area contributed by atoms with E-state index in [1.165, 1.54) is 26.0 Å². The number of hydrogen-bond acceptors (Lipinski definition) is 4. The Hall–Kier alpha value is -2.36. The predicted molar refractivity (Wildman–Crippen MR) is 137 cm³/mol. The summed E-state index contributed by atoms with van der Waals surface area (Å²) in [6.45, 7) is 0. The molecule has 0 saturated carbocycles. The first-order valence-electron chi connectivity index (χ1n) is 10.8. The highest BCUT2D eigenvalue weighted by molar-refractivity contribution is 8.00. The Morgan fingerprint density at radius 2 is 1.74 bits per heavy atom. The zero-order valence-corrected chi connectivity index (χ0v) is 20.7. The number of amides is 1. The third-order valence-electron chi connectivity index (χ3n) is 6.44. The van der Waals surface area contributed by atoms with Gasteiger partial charge in [-0.25, -0.2) is 0 Å². The Bertz CT molecular complexity index is 1350. The molecule has 3 aromatic carbocycles. The lowest BCUT2D eigenvalue weighted by atomic mass is 9.65. The number of fused-ring (bicyclic) bond motifs is 1.